The minimum atomic E-state index is -0.991. The predicted molar refractivity (Wildman–Crippen MR) is 89.0 cm³/mol. The third-order valence-corrected chi connectivity index (χ3v) is 5.06. The van der Waals surface area contributed by atoms with Crippen molar-refractivity contribution in [1.29, 1.82) is 0 Å². The van der Waals surface area contributed by atoms with Crippen molar-refractivity contribution in [2.75, 3.05) is 20.6 Å². The molecular formula is C17H23FN4O3. The van der Waals surface area contributed by atoms with E-state index in [2.05, 4.69) is 10.9 Å². The van der Waals surface area contributed by atoms with Crippen molar-refractivity contribution in [1.82, 2.24) is 20.7 Å². The van der Waals surface area contributed by atoms with Crippen LogP contribution in [0.15, 0.2) is 24.3 Å². The normalized spacial score (nSPS) is 29.4. The number of nitrogens with one attached hydrogen (secondary N) is 2. The highest BCUT2D eigenvalue weighted by Gasteiger charge is 2.44. The van der Waals surface area contributed by atoms with Crippen LogP contribution in [0.5, 0.6) is 0 Å². The number of likely N-dealkylation sites (N-methyl/N-ethyl adjacent to an activating group) is 1. The monoisotopic (exact) mass is 350 g/mol. The quantitative estimate of drug-likeness (QED) is 0.727. The van der Waals surface area contributed by atoms with E-state index < -0.39 is 18.1 Å². The van der Waals surface area contributed by atoms with Crippen LogP contribution in [-0.2, 0) is 9.59 Å². The number of benzene rings is 1. The summed E-state index contributed by atoms with van der Waals surface area (Å²) in [5.74, 6) is -1.58. The SMILES string of the molecule is CN(C)[C@@H]1C[C@@H](C(=O)O)N(C(=O)C2CC(c3ccccc3F)NN2)C1. The second-order valence-corrected chi connectivity index (χ2v) is 6.85. The molecule has 8 heteroatoms. The number of likely N-dealkylation sites (tertiary alicyclic amines) is 1. The molecule has 2 saturated heterocycles. The van der Waals surface area contributed by atoms with E-state index in [4.69, 9.17) is 0 Å². The number of rotatable bonds is 4. The van der Waals surface area contributed by atoms with Crippen LogP contribution >= 0.6 is 0 Å². The number of carbonyl (C=O) groups is 2. The minimum Gasteiger partial charge on any atom is -0.480 e. The van der Waals surface area contributed by atoms with Gasteiger partial charge in [0.05, 0.1) is 6.04 Å². The Labute approximate surface area is 145 Å². The van der Waals surface area contributed by atoms with Gasteiger partial charge in [0.1, 0.15) is 17.9 Å². The molecule has 0 aliphatic carbocycles. The zero-order valence-electron chi connectivity index (χ0n) is 14.3. The van der Waals surface area contributed by atoms with Crippen molar-refractivity contribution in [3.63, 3.8) is 0 Å². The lowest BCUT2D eigenvalue weighted by Crippen LogP contribution is -2.49. The molecule has 2 heterocycles. The van der Waals surface area contributed by atoms with Crippen LogP contribution in [-0.4, -0.2) is 65.5 Å². The van der Waals surface area contributed by atoms with E-state index >= 15 is 0 Å². The third kappa shape index (κ3) is 3.51. The van der Waals surface area contributed by atoms with E-state index in [0.717, 1.165) is 0 Å². The van der Waals surface area contributed by atoms with Crippen LogP contribution in [0.2, 0.25) is 0 Å². The molecule has 25 heavy (non-hydrogen) atoms. The standard InChI is InChI=1S/C17H23FN4O3/c1-21(2)10-7-15(17(24)25)22(9-10)16(23)14-8-13(19-20-14)11-5-3-4-6-12(11)18/h3-6,10,13-15,19-20H,7-9H2,1-2H3,(H,24,25)/t10-,13?,14?,15+/m1/s1. The fourth-order valence-electron chi connectivity index (χ4n) is 3.55. The molecule has 0 radical (unpaired) electrons. The van der Waals surface area contributed by atoms with Gasteiger partial charge < -0.3 is 14.9 Å². The number of halogens is 1. The summed E-state index contributed by atoms with van der Waals surface area (Å²) >= 11 is 0. The van der Waals surface area contributed by atoms with Gasteiger partial charge in [-0.1, -0.05) is 18.2 Å². The summed E-state index contributed by atoms with van der Waals surface area (Å²) in [7, 11) is 3.75. The summed E-state index contributed by atoms with van der Waals surface area (Å²) in [5.41, 5.74) is 6.34. The van der Waals surface area contributed by atoms with Gasteiger partial charge in [-0.2, -0.15) is 0 Å². The van der Waals surface area contributed by atoms with Gasteiger partial charge >= 0.3 is 5.97 Å². The van der Waals surface area contributed by atoms with Crippen molar-refractivity contribution in [2.24, 2.45) is 0 Å². The lowest BCUT2D eigenvalue weighted by atomic mass is 10.0. The second kappa shape index (κ2) is 7.07. The predicted octanol–water partition coefficient (Wildman–Crippen LogP) is 0.349. The molecule has 7 nitrogen and oxygen atoms in total. The van der Waals surface area contributed by atoms with Crippen molar-refractivity contribution in [2.45, 2.75) is 37.0 Å². The molecule has 0 spiro atoms. The van der Waals surface area contributed by atoms with Crippen LogP contribution in [0, 0.1) is 5.82 Å². The molecule has 0 bridgehead atoms. The van der Waals surface area contributed by atoms with E-state index in [0.29, 0.717) is 24.9 Å². The number of amides is 1. The Morgan fingerprint density at radius 1 is 1.24 bits per heavy atom. The van der Waals surface area contributed by atoms with E-state index in [9.17, 15) is 19.1 Å². The molecule has 0 aromatic heterocycles. The molecule has 2 aliphatic heterocycles. The zero-order chi connectivity index (χ0) is 18.1. The lowest BCUT2D eigenvalue weighted by Gasteiger charge is -2.25. The second-order valence-electron chi connectivity index (χ2n) is 6.85. The summed E-state index contributed by atoms with van der Waals surface area (Å²) in [6.45, 7) is 0.380. The highest BCUT2D eigenvalue weighted by molar-refractivity contribution is 5.88. The van der Waals surface area contributed by atoms with E-state index in [-0.39, 0.29) is 23.8 Å². The minimum absolute atomic E-state index is 0.0155. The number of hydrogen-bond donors (Lipinski definition) is 3. The number of carboxylic acids is 1. The fourth-order valence-corrected chi connectivity index (χ4v) is 3.55. The number of carbonyl (C=O) groups excluding carboxylic acids is 1. The Morgan fingerprint density at radius 3 is 2.60 bits per heavy atom. The molecule has 1 amide bonds. The number of aliphatic carboxylic acids is 1. The van der Waals surface area contributed by atoms with Gasteiger partial charge in [0, 0.05) is 18.2 Å². The first-order chi connectivity index (χ1) is 11.9. The van der Waals surface area contributed by atoms with Crippen LogP contribution in [0.3, 0.4) is 0 Å². The van der Waals surface area contributed by atoms with Crippen LogP contribution in [0.25, 0.3) is 0 Å². The maximum absolute atomic E-state index is 13.9. The van der Waals surface area contributed by atoms with E-state index in [1.54, 1.807) is 18.2 Å². The van der Waals surface area contributed by atoms with Crippen molar-refractivity contribution in [3.8, 4) is 0 Å². The Kier molecular flexibility index (Phi) is 5.03. The third-order valence-electron chi connectivity index (χ3n) is 5.06. The molecule has 3 N–H and O–H groups in total. The molecule has 136 valence electrons. The van der Waals surface area contributed by atoms with Gasteiger partial charge in [-0.3, -0.25) is 4.79 Å². The average Bonchev–Trinajstić information content (AvgIpc) is 3.22. The largest absolute Gasteiger partial charge is 0.480 e. The maximum atomic E-state index is 13.9. The summed E-state index contributed by atoms with van der Waals surface area (Å²) in [4.78, 5) is 27.7. The van der Waals surface area contributed by atoms with Gasteiger partial charge in [-0.05, 0) is 33.0 Å². The molecule has 1 aromatic carbocycles. The Balaban J connectivity index is 1.71. The number of carboxylic acid groups (broad SMARTS) is 1. The Morgan fingerprint density at radius 2 is 1.96 bits per heavy atom. The van der Waals surface area contributed by atoms with E-state index in [1.165, 1.54) is 11.0 Å². The zero-order valence-corrected chi connectivity index (χ0v) is 14.3. The first-order valence-corrected chi connectivity index (χ1v) is 8.33. The number of nitrogens with zero attached hydrogens (tertiary/aromatic N) is 2. The molecule has 1 aromatic rings. The summed E-state index contributed by atoms with van der Waals surface area (Å²) < 4.78 is 13.9. The summed E-state index contributed by atoms with van der Waals surface area (Å²) in [6, 6.07) is 4.72. The van der Waals surface area contributed by atoms with Crippen LogP contribution < -0.4 is 10.9 Å². The fraction of sp³-hybridized carbons (Fsp3) is 0.529. The van der Waals surface area contributed by atoms with Crippen LogP contribution in [0.4, 0.5) is 4.39 Å². The van der Waals surface area contributed by atoms with Gasteiger partial charge in [-0.25, -0.2) is 20.0 Å². The van der Waals surface area contributed by atoms with Crippen molar-refractivity contribution in [3.05, 3.63) is 35.6 Å². The molecule has 4 atom stereocenters. The summed E-state index contributed by atoms with van der Waals surface area (Å²) in [5, 5.41) is 9.44. The highest BCUT2D eigenvalue weighted by Crippen LogP contribution is 2.28. The van der Waals surface area contributed by atoms with Crippen molar-refractivity contribution < 1.29 is 19.1 Å². The molecule has 2 unspecified atom stereocenters. The molecule has 3 rings (SSSR count). The van der Waals surface area contributed by atoms with Gasteiger partial charge in [0.15, 0.2) is 0 Å². The smallest absolute Gasteiger partial charge is 0.326 e. The van der Waals surface area contributed by atoms with Crippen LogP contribution in [0.1, 0.15) is 24.4 Å². The molecular weight excluding hydrogens is 327 g/mol. The van der Waals surface area contributed by atoms with Gasteiger partial charge in [0.25, 0.3) is 0 Å². The Hall–Kier alpha value is -2.03. The average molecular weight is 350 g/mol. The van der Waals surface area contributed by atoms with Gasteiger partial charge in [-0.15, -0.1) is 0 Å². The van der Waals surface area contributed by atoms with E-state index in [1.807, 2.05) is 19.0 Å². The lowest BCUT2D eigenvalue weighted by molar-refractivity contribution is -0.148. The Bertz CT molecular complexity index is 669. The van der Waals surface area contributed by atoms with Gasteiger partial charge in [0.2, 0.25) is 5.91 Å². The highest BCUT2D eigenvalue weighted by atomic mass is 19.1. The summed E-state index contributed by atoms with van der Waals surface area (Å²) in [6.07, 6.45) is 0.778. The maximum Gasteiger partial charge on any atom is 0.326 e. The molecule has 0 saturated carbocycles. The first-order valence-electron chi connectivity index (χ1n) is 8.33. The first kappa shape index (κ1) is 17.8. The number of hydrazine groups is 1. The number of hydrogen-bond acceptors (Lipinski definition) is 5. The van der Waals surface area contributed by atoms with Crippen molar-refractivity contribution >= 4 is 11.9 Å². The molecule has 2 aliphatic rings. The topological polar surface area (TPSA) is 84.9 Å². The molecule has 2 fully saturated rings.